The molecule has 0 aliphatic carbocycles. The third-order valence-corrected chi connectivity index (χ3v) is 4.14. The number of hydrogen-bond donors (Lipinski definition) is 0. The van der Waals surface area contributed by atoms with E-state index in [0.717, 1.165) is 26.2 Å². The van der Waals surface area contributed by atoms with Crippen molar-refractivity contribution in [2.45, 2.75) is 26.8 Å². The number of carbonyl (C=O) groups excluding carboxylic acids is 1. The van der Waals surface area contributed by atoms with Crippen molar-refractivity contribution in [1.82, 2.24) is 9.80 Å². The Bertz CT molecular complexity index is 488. The third kappa shape index (κ3) is 4.55. The first kappa shape index (κ1) is 16.0. The molecule has 4 heteroatoms. The van der Waals surface area contributed by atoms with Crippen LogP contribution in [-0.2, 0) is 16.1 Å². The zero-order valence-corrected chi connectivity index (χ0v) is 13.4. The SMILES string of the molecule is COCCN1CCN(Cc2ccc(C)cc2C)CCC1=O. The second-order valence-electron chi connectivity index (χ2n) is 5.83. The molecule has 4 nitrogen and oxygen atoms in total. The summed E-state index contributed by atoms with van der Waals surface area (Å²) in [5.41, 5.74) is 3.99. The molecule has 1 heterocycles. The van der Waals surface area contributed by atoms with Crippen molar-refractivity contribution in [3.05, 3.63) is 34.9 Å². The van der Waals surface area contributed by atoms with Gasteiger partial charge in [-0.2, -0.15) is 0 Å². The number of ether oxygens (including phenoxy) is 1. The van der Waals surface area contributed by atoms with Gasteiger partial charge in [-0.25, -0.2) is 0 Å². The molecule has 1 fully saturated rings. The predicted molar refractivity (Wildman–Crippen MR) is 84.3 cm³/mol. The molecule has 0 spiro atoms. The quantitative estimate of drug-likeness (QED) is 0.831. The van der Waals surface area contributed by atoms with Crippen molar-refractivity contribution in [3.63, 3.8) is 0 Å². The lowest BCUT2D eigenvalue weighted by Gasteiger charge is -2.22. The average molecular weight is 290 g/mol. The number of hydrogen-bond acceptors (Lipinski definition) is 3. The van der Waals surface area contributed by atoms with E-state index in [1.807, 2.05) is 4.90 Å². The van der Waals surface area contributed by atoms with Crippen LogP contribution in [0.15, 0.2) is 18.2 Å². The Balaban J connectivity index is 1.94. The van der Waals surface area contributed by atoms with E-state index >= 15 is 0 Å². The van der Waals surface area contributed by atoms with Crippen LogP contribution in [0.5, 0.6) is 0 Å². The number of carbonyl (C=O) groups is 1. The summed E-state index contributed by atoms with van der Waals surface area (Å²) in [6.45, 7) is 9.10. The molecule has 0 unspecified atom stereocenters. The van der Waals surface area contributed by atoms with Gasteiger partial charge in [-0.15, -0.1) is 0 Å². The van der Waals surface area contributed by atoms with E-state index in [9.17, 15) is 4.79 Å². The van der Waals surface area contributed by atoms with Crippen molar-refractivity contribution in [1.29, 1.82) is 0 Å². The van der Waals surface area contributed by atoms with E-state index in [1.54, 1.807) is 7.11 Å². The van der Waals surface area contributed by atoms with E-state index in [0.29, 0.717) is 19.6 Å². The second-order valence-corrected chi connectivity index (χ2v) is 5.83. The molecule has 0 atom stereocenters. The molecule has 2 rings (SSSR count). The van der Waals surface area contributed by atoms with Crippen molar-refractivity contribution in [2.24, 2.45) is 0 Å². The number of rotatable bonds is 5. The molecule has 1 saturated heterocycles. The lowest BCUT2D eigenvalue weighted by Crippen LogP contribution is -2.35. The van der Waals surface area contributed by atoms with Crippen LogP contribution in [0.25, 0.3) is 0 Å². The molecular weight excluding hydrogens is 264 g/mol. The largest absolute Gasteiger partial charge is 0.383 e. The highest BCUT2D eigenvalue weighted by molar-refractivity contribution is 5.76. The Morgan fingerprint density at radius 1 is 1.19 bits per heavy atom. The fourth-order valence-electron chi connectivity index (χ4n) is 2.77. The average Bonchev–Trinajstić information content (AvgIpc) is 2.62. The molecule has 21 heavy (non-hydrogen) atoms. The minimum atomic E-state index is 0.246. The van der Waals surface area contributed by atoms with Gasteiger partial charge < -0.3 is 9.64 Å². The minimum absolute atomic E-state index is 0.246. The maximum absolute atomic E-state index is 12.1. The standard InChI is InChI=1S/C17H26N2O2/c1-14-4-5-16(15(2)12-14)13-18-7-6-17(20)19(9-8-18)10-11-21-3/h4-5,12H,6-11,13H2,1-3H3. The van der Waals surface area contributed by atoms with Gasteiger partial charge >= 0.3 is 0 Å². The van der Waals surface area contributed by atoms with Gasteiger partial charge in [-0.1, -0.05) is 23.8 Å². The minimum Gasteiger partial charge on any atom is -0.383 e. The van der Waals surface area contributed by atoms with E-state index < -0.39 is 0 Å². The van der Waals surface area contributed by atoms with Gasteiger partial charge in [0.25, 0.3) is 0 Å². The summed E-state index contributed by atoms with van der Waals surface area (Å²) in [5.74, 6) is 0.246. The molecule has 1 aliphatic rings. The lowest BCUT2D eigenvalue weighted by molar-refractivity contribution is -0.130. The molecule has 116 valence electrons. The van der Waals surface area contributed by atoms with Crippen LogP contribution in [-0.4, -0.2) is 55.6 Å². The molecule has 1 amide bonds. The first-order valence-electron chi connectivity index (χ1n) is 7.65. The molecule has 1 aromatic rings. The van der Waals surface area contributed by atoms with Gasteiger partial charge in [-0.3, -0.25) is 9.69 Å². The Morgan fingerprint density at radius 2 is 2.00 bits per heavy atom. The fourth-order valence-corrected chi connectivity index (χ4v) is 2.77. The highest BCUT2D eigenvalue weighted by atomic mass is 16.5. The van der Waals surface area contributed by atoms with Gasteiger partial charge in [0.15, 0.2) is 0 Å². The topological polar surface area (TPSA) is 32.8 Å². The van der Waals surface area contributed by atoms with Crippen LogP contribution in [0, 0.1) is 13.8 Å². The molecule has 0 saturated carbocycles. The molecule has 1 aliphatic heterocycles. The monoisotopic (exact) mass is 290 g/mol. The molecule has 1 aromatic carbocycles. The Morgan fingerprint density at radius 3 is 2.71 bits per heavy atom. The first-order valence-corrected chi connectivity index (χ1v) is 7.65. The summed E-state index contributed by atoms with van der Waals surface area (Å²) in [5, 5.41) is 0. The molecular formula is C17H26N2O2. The molecule has 0 radical (unpaired) electrons. The summed E-state index contributed by atoms with van der Waals surface area (Å²) in [6.07, 6.45) is 0.606. The zero-order chi connectivity index (χ0) is 15.2. The third-order valence-electron chi connectivity index (χ3n) is 4.14. The second kappa shape index (κ2) is 7.57. The summed E-state index contributed by atoms with van der Waals surface area (Å²) in [4.78, 5) is 16.4. The maximum atomic E-state index is 12.1. The molecule has 0 N–H and O–H groups in total. The van der Waals surface area contributed by atoms with Gasteiger partial charge in [0, 0.05) is 46.3 Å². The van der Waals surface area contributed by atoms with E-state index in [-0.39, 0.29) is 5.91 Å². The van der Waals surface area contributed by atoms with Gasteiger partial charge in [0.2, 0.25) is 5.91 Å². The van der Waals surface area contributed by atoms with E-state index in [1.165, 1.54) is 16.7 Å². The number of benzene rings is 1. The lowest BCUT2D eigenvalue weighted by atomic mass is 10.1. The van der Waals surface area contributed by atoms with Crippen LogP contribution in [0.1, 0.15) is 23.1 Å². The van der Waals surface area contributed by atoms with Gasteiger partial charge in [0.1, 0.15) is 0 Å². The van der Waals surface area contributed by atoms with Crippen molar-refractivity contribution >= 4 is 5.91 Å². The Hall–Kier alpha value is -1.39. The van der Waals surface area contributed by atoms with Crippen LogP contribution >= 0.6 is 0 Å². The first-order chi connectivity index (χ1) is 10.1. The molecule has 0 aromatic heterocycles. The maximum Gasteiger partial charge on any atom is 0.223 e. The van der Waals surface area contributed by atoms with E-state index in [2.05, 4.69) is 36.9 Å². The molecule has 0 bridgehead atoms. The highest BCUT2D eigenvalue weighted by Gasteiger charge is 2.20. The summed E-state index contributed by atoms with van der Waals surface area (Å²) in [7, 11) is 1.68. The van der Waals surface area contributed by atoms with Crippen LogP contribution in [0.3, 0.4) is 0 Å². The Kier molecular flexibility index (Phi) is 5.76. The van der Waals surface area contributed by atoms with Crippen molar-refractivity contribution < 1.29 is 9.53 Å². The van der Waals surface area contributed by atoms with E-state index in [4.69, 9.17) is 4.74 Å². The number of methoxy groups -OCH3 is 1. The number of amides is 1. The van der Waals surface area contributed by atoms with Crippen LogP contribution in [0.2, 0.25) is 0 Å². The van der Waals surface area contributed by atoms with Crippen LogP contribution in [0.4, 0.5) is 0 Å². The Labute approximate surface area is 127 Å². The van der Waals surface area contributed by atoms with Crippen molar-refractivity contribution in [3.8, 4) is 0 Å². The highest BCUT2D eigenvalue weighted by Crippen LogP contribution is 2.15. The normalized spacial score (nSPS) is 17.1. The predicted octanol–water partition coefficient (Wildman–Crippen LogP) is 1.98. The van der Waals surface area contributed by atoms with Gasteiger partial charge in [0.05, 0.1) is 6.61 Å². The summed E-state index contributed by atoms with van der Waals surface area (Å²) >= 11 is 0. The van der Waals surface area contributed by atoms with Crippen molar-refractivity contribution in [2.75, 3.05) is 39.9 Å². The number of nitrogens with zero attached hydrogens (tertiary/aromatic N) is 2. The fraction of sp³-hybridized carbons (Fsp3) is 0.588. The zero-order valence-electron chi connectivity index (χ0n) is 13.4. The summed E-state index contributed by atoms with van der Waals surface area (Å²) < 4.78 is 5.08. The number of aryl methyl sites for hydroxylation is 2. The summed E-state index contributed by atoms with van der Waals surface area (Å²) in [6, 6.07) is 6.60. The smallest absolute Gasteiger partial charge is 0.223 e. The van der Waals surface area contributed by atoms with Crippen LogP contribution < -0.4 is 0 Å². The van der Waals surface area contributed by atoms with Gasteiger partial charge in [-0.05, 0) is 25.0 Å².